The third kappa shape index (κ3) is 2.94. The van der Waals surface area contributed by atoms with Crippen molar-refractivity contribution in [2.24, 2.45) is 7.05 Å². The van der Waals surface area contributed by atoms with Crippen LogP contribution in [0.3, 0.4) is 0 Å². The fourth-order valence-electron chi connectivity index (χ4n) is 2.47. The number of ether oxygens (including phenoxy) is 1. The van der Waals surface area contributed by atoms with Crippen molar-refractivity contribution in [1.82, 2.24) is 19.5 Å². The first-order valence-electron chi connectivity index (χ1n) is 7.73. The van der Waals surface area contributed by atoms with E-state index in [4.69, 9.17) is 10.5 Å². The van der Waals surface area contributed by atoms with E-state index in [1.807, 2.05) is 48.0 Å². The van der Waals surface area contributed by atoms with E-state index in [2.05, 4.69) is 20.3 Å². The number of nitrogen functional groups attached to an aromatic ring is 1. The lowest BCUT2D eigenvalue weighted by Crippen LogP contribution is -1.98. The molecule has 3 N–H and O–H groups in total. The Morgan fingerprint density at radius 2 is 1.76 bits per heavy atom. The minimum absolute atomic E-state index is 0.489. The van der Waals surface area contributed by atoms with E-state index < -0.39 is 0 Å². The summed E-state index contributed by atoms with van der Waals surface area (Å²) in [6, 6.07) is 15.4. The van der Waals surface area contributed by atoms with Gasteiger partial charge in [-0.15, -0.1) is 0 Å². The summed E-state index contributed by atoms with van der Waals surface area (Å²) in [6.45, 7) is 0. The number of benzene rings is 1. The van der Waals surface area contributed by atoms with Crippen LogP contribution >= 0.6 is 0 Å². The molecule has 0 atom stereocenters. The summed E-state index contributed by atoms with van der Waals surface area (Å²) < 4.78 is 7.73. The molecule has 0 radical (unpaired) electrons. The highest BCUT2D eigenvalue weighted by Gasteiger charge is 2.10. The van der Waals surface area contributed by atoms with Gasteiger partial charge in [0, 0.05) is 25.1 Å². The van der Waals surface area contributed by atoms with Gasteiger partial charge in [0.1, 0.15) is 5.75 Å². The largest absolute Gasteiger partial charge is 0.425 e. The second-order valence-corrected chi connectivity index (χ2v) is 5.49. The average molecular weight is 332 g/mol. The van der Waals surface area contributed by atoms with Crippen LogP contribution < -0.4 is 15.8 Å². The second kappa shape index (κ2) is 6.12. The first-order valence-corrected chi connectivity index (χ1v) is 7.73. The SMILES string of the molecule is Cn1c(Oc2ccc(Nc3ncccc3N)cc2)nc2ncccc21. The molecular formula is C18H16N6O. The van der Waals surface area contributed by atoms with E-state index in [-0.39, 0.29) is 0 Å². The van der Waals surface area contributed by atoms with Gasteiger partial charge in [0.2, 0.25) is 0 Å². The van der Waals surface area contributed by atoms with Crippen LogP contribution in [0, 0.1) is 0 Å². The highest BCUT2D eigenvalue weighted by Crippen LogP contribution is 2.26. The summed E-state index contributed by atoms with van der Waals surface area (Å²) in [5, 5.41) is 3.17. The zero-order valence-electron chi connectivity index (χ0n) is 13.5. The maximum absolute atomic E-state index is 5.89. The number of fused-ring (bicyclic) bond motifs is 1. The zero-order chi connectivity index (χ0) is 17.2. The van der Waals surface area contributed by atoms with Crippen molar-refractivity contribution in [3.05, 3.63) is 60.9 Å². The standard InChI is InChI=1S/C18H16N6O/c1-24-15-5-3-11-21-17(15)23-18(24)25-13-8-6-12(7-9-13)22-16-14(19)4-2-10-20-16/h2-11H,19H2,1H3,(H,20,22). The lowest BCUT2D eigenvalue weighted by atomic mass is 10.3. The molecule has 0 saturated heterocycles. The molecule has 0 bridgehead atoms. The van der Waals surface area contributed by atoms with E-state index in [0.717, 1.165) is 11.2 Å². The molecule has 124 valence electrons. The number of anilines is 3. The van der Waals surface area contributed by atoms with Crippen LogP contribution in [-0.4, -0.2) is 19.5 Å². The van der Waals surface area contributed by atoms with Crippen LogP contribution in [0.5, 0.6) is 11.8 Å². The monoisotopic (exact) mass is 332 g/mol. The lowest BCUT2D eigenvalue weighted by molar-refractivity contribution is 0.428. The van der Waals surface area contributed by atoms with Gasteiger partial charge in [0.15, 0.2) is 11.5 Å². The van der Waals surface area contributed by atoms with E-state index in [1.54, 1.807) is 24.5 Å². The van der Waals surface area contributed by atoms with Crippen molar-refractivity contribution in [1.29, 1.82) is 0 Å². The molecule has 0 aliphatic rings. The molecular weight excluding hydrogens is 316 g/mol. The number of nitrogens with one attached hydrogen (secondary N) is 1. The molecule has 7 heteroatoms. The normalized spacial score (nSPS) is 10.8. The van der Waals surface area contributed by atoms with Crippen molar-refractivity contribution in [3.63, 3.8) is 0 Å². The number of hydrogen-bond donors (Lipinski definition) is 2. The molecule has 3 aromatic heterocycles. The Balaban J connectivity index is 1.54. The van der Waals surface area contributed by atoms with Gasteiger partial charge in [-0.05, 0) is 48.5 Å². The first kappa shape index (κ1) is 14.9. The minimum atomic E-state index is 0.489. The Morgan fingerprint density at radius 3 is 2.52 bits per heavy atom. The Labute approximate surface area is 144 Å². The maximum atomic E-state index is 5.89. The van der Waals surface area contributed by atoms with Gasteiger partial charge in [-0.1, -0.05) is 0 Å². The number of hydrogen-bond acceptors (Lipinski definition) is 6. The van der Waals surface area contributed by atoms with Crippen LogP contribution in [0.4, 0.5) is 17.2 Å². The zero-order valence-corrected chi connectivity index (χ0v) is 13.5. The average Bonchev–Trinajstić information content (AvgIpc) is 2.95. The summed E-state index contributed by atoms with van der Waals surface area (Å²) in [4.78, 5) is 12.8. The quantitative estimate of drug-likeness (QED) is 0.594. The van der Waals surface area contributed by atoms with Crippen LogP contribution in [0.1, 0.15) is 0 Å². The summed E-state index contributed by atoms with van der Waals surface area (Å²) in [6.07, 6.45) is 3.40. The summed E-state index contributed by atoms with van der Waals surface area (Å²) in [7, 11) is 1.89. The summed E-state index contributed by atoms with van der Waals surface area (Å²) >= 11 is 0. The number of nitrogens with zero attached hydrogens (tertiary/aromatic N) is 4. The predicted octanol–water partition coefficient (Wildman–Crippen LogP) is 3.48. The van der Waals surface area contributed by atoms with Crippen molar-refractivity contribution in [2.45, 2.75) is 0 Å². The smallest absolute Gasteiger partial charge is 0.304 e. The van der Waals surface area contributed by atoms with E-state index in [1.165, 1.54) is 0 Å². The van der Waals surface area contributed by atoms with Gasteiger partial charge in [0.05, 0.1) is 11.2 Å². The fraction of sp³-hybridized carbons (Fsp3) is 0.0556. The van der Waals surface area contributed by atoms with Crippen LogP contribution in [0.2, 0.25) is 0 Å². The molecule has 4 rings (SSSR count). The lowest BCUT2D eigenvalue weighted by Gasteiger charge is -2.09. The molecule has 1 aromatic carbocycles. The van der Waals surface area contributed by atoms with E-state index in [9.17, 15) is 0 Å². The molecule has 7 nitrogen and oxygen atoms in total. The molecule has 25 heavy (non-hydrogen) atoms. The van der Waals surface area contributed by atoms with Gasteiger partial charge in [0.25, 0.3) is 0 Å². The topological polar surface area (TPSA) is 90.9 Å². The number of imidazole rings is 1. The summed E-state index contributed by atoms with van der Waals surface area (Å²) in [5.74, 6) is 1.30. The summed E-state index contributed by atoms with van der Waals surface area (Å²) in [5.41, 5.74) is 8.92. The van der Waals surface area contributed by atoms with Gasteiger partial charge in [-0.2, -0.15) is 4.98 Å². The second-order valence-electron chi connectivity index (χ2n) is 5.49. The van der Waals surface area contributed by atoms with Gasteiger partial charge >= 0.3 is 6.01 Å². The molecule has 0 fully saturated rings. The van der Waals surface area contributed by atoms with Gasteiger partial charge in [-0.3, -0.25) is 4.57 Å². The number of rotatable bonds is 4. The third-order valence-corrected chi connectivity index (χ3v) is 3.78. The molecule has 0 aliphatic carbocycles. The van der Waals surface area contributed by atoms with Crippen molar-refractivity contribution in [3.8, 4) is 11.8 Å². The molecule has 0 spiro atoms. The Bertz CT molecular complexity index is 1030. The number of aromatic nitrogens is 4. The Hall–Kier alpha value is -3.61. The number of pyridine rings is 2. The fourth-order valence-corrected chi connectivity index (χ4v) is 2.47. The van der Waals surface area contributed by atoms with Gasteiger partial charge < -0.3 is 15.8 Å². The van der Waals surface area contributed by atoms with Crippen molar-refractivity contribution >= 4 is 28.4 Å². The predicted molar refractivity (Wildman–Crippen MR) is 97.0 cm³/mol. The molecule has 4 aromatic rings. The van der Waals surface area contributed by atoms with Crippen LogP contribution in [-0.2, 0) is 7.05 Å². The molecule has 0 aliphatic heterocycles. The van der Waals surface area contributed by atoms with Crippen molar-refractivity contribution in [2.75, 3.05) is 11.1 Å². The molecule has 0 saturated carbocycles. The Kier molecular flexibility index (Phi) is 3.66. The molecule has 3 heterocycles. The van der Waals surface area contributed by atoms with Crippen LogP contribution in [0.15, 0.2) is 60.9 Å². The Morgan fingerprint density at radius 1 is 1.00 bits per heavy atom. The molecule has 0 amide bonds. The van der Waals surface area contributed by atoms with Crippen LogP contribution in [0.25, 0.3) is 11.2 Å². The molecule has 0 unspecified atom stereocenters. The number of aryl methyl sites for hydroxylation is 1. The third-order valence-electron chi connectivity index (χ3n) is 3.78. The van der Waals surface area contributed by atoms with E-state index >= 15 is 0 Å². The highest BCUT2D eigenvalue weighted by molar-refractivity contribution is 5.72. The minimum Gasteiger partial charge on any atom is -0.425 e. The first-order chi connectivity index (χ1) is 12.2. The maximum Gasteiger partial charge on any atom is 0.304 e. The van der Waals surface area contributed by atoms with Gasteiger partial charge in [-0.25, -0.2) is 9.97 Å². The van der Waals surface area contributed by atoms with Crippen molar-refractivity contribution < 1.29 is 4.74 Å². The highest BCUT2D eigenvalue weighted by atomic mass is 16.5. The van der Waals surface area contributed by atoms with E-state index in [0.29, 0.717) is 28.9 Å². The number of nitrogens with two attached hydrogens (primary N) is 1.